The van der Waals surface area contributed by atoms with Gasteiger partial charge in [0.2, 0.25) is 0 Å². The molecule has 1 saturated heterocycles. The SMILES string of the molecule is CC(C(N)=S)N1CCN(C(=O)c2cccc(Cl)c2)CC1. The van der Waals surface area contributed by atoms with Crippen molar-refractivity contribution in [2.75, 3.05) is 26.2 Å². The average Bonchev–Trinajstić information content (AvgIpc) is 2.46. The van der Waals surface area contributed by atoms with E-state index in [0.717, 1.165) is 13.1 Å². The molecule has 4 nitrogen and oxygen atoms in total. The summed E-state index contributed by atoms with van der Waals surface area (Å²) in [6.07, 6.45) is 0. The van der Waals surface area contributed by atoms with Crippen LogP contribution < -0.4 is 5.73 Å². The van der Waals surface area contributed by atoms with Gasteiger partial charge in [0.15, 0.2) is 0 Å². The van der Waals surface area contributed by atoms with Crippen molar-refractivity contribution < 1.29 is 4.79 Å². The summed E-state index contributed by atoms with van der Waals surface area (Å²) in [6.45, 7) is 4.92. The van der Waals surface area contributed by atoms with Gasteiger partial charge in [-0.15, -0.1) is 0 Å². The van der Waals surface area contributed by atoms with Crippen molar-refractivity contribution in [2.45, 2.75) is 13.0 Å². The first kappa shape index (κ1) is 15.2. The number of piperazine rings is 1. The topological polar surface area (TPSA) is 49.6 Å². The van der Waals surface area contributed by atoms with Gasteiger partial charge in [-0.05, 0) is 25.1 Å². The van der Waals surface area contributed by atoms with E-state index in [0.29, 0.717) is 28.7 Å². The summed E-state index contributed by atoms with van der Waals surface area (Å²) in [5.74, 6) is 0.0233. The Kier molecular flexibility index (Phi) is 4.96. The fourth-order valence-electron chi connectivity index (χ4n) is 2.30. The second-order valence-corrected chi connectivity index (χ2v) is 5.82. The molecule has 1 aromatic rings. The molecule has 1 fully saturated rings. The largest absolute Gasteiger partial charge is 0.392 e. The molecule has 2 rings (SSSR count). The van der Waals surface area contributed by atoms with Gasteiger partial charge in [0.25, 0.3) is 5.91 Å². The minimum atomic E-state index is 0.0233. The summed E-state index contributed by atoms with van der Waals surface area (Å²) < 4.78 is 0. The summed E-state index contributed by atoms with van der Waals surface area (Å²) in [5, 5.41) is 0.580. The Morgan fingerprint density at radius 3 is 2.55 bits per heavy atom. The highest BCUT2D eigenvalue weighted by Crippen LogP contribution is 2.15. The first-order valence-corrected chi connectivity index (χ1v) is 7.36. The normalized spacial score (nSPS) is 17.8. The predicted molar refractivity (Wildman–Crippen MR) is 85.2 cm³/mol. The van der Waals surface area contributed by atoms with Gasteiger partial charge in [-0.25, -0.2) is 0 Å². The lowest BCUT2D eigenvalue weighted by molar-refractivity contribution is 0.0621. The van der Waals surface area contributed by atoms with Crippen LogP contribution in [0.2, 0.25) is 5.02 Å². The van der Waals surface area contributed by atoms with E-state index in [4.69, 9.17) is 29.6 Å². The molecule has 0 aliphatic carbocycles. The van der Waals surface area contributed by atoms with Crippen molar-refractivity contribution in [3.05, 3.63) is 34.9 Å². The van der Waals surface area contributed by atoms with Crippen LogP contribution in [0.15, 0.2) is 24.3 Å². The third kappa shape index (κ3) is 3.48. The van der Waals surface area contributed by atoms with Gasteiger partial charge >= 0.3 is 0 Å². The minimum absolute atomic E-state index is 0.0233. The molecule has 1 heterocycles. The fraction of sp³-hybridized carbons (Fsp3) is 0.429. The Hall–Kier alpha value is -1.17. The van der Waals surface area contributed by atoms with Crippen molar-refractivity contribution in [3.63, 3.8) is 0 Å². The van der Waals surface area contributed by atoms with E-state index in [1.54, 1.807) is 24.3 Å². The van der Waals surface area contributed by atoms with Crippen LogP contribution in [0.5, 0.6) is 0 Å². The number of hydrogen-bond donors (Lipinski definition) is 1. The van der Waals surface area contributed by atoms with Gasteiger partial charge in [-0.1, -0.05) is 29.9 Å². The van der Waals surface area contributed by atoms with Crippen LogP contribution >= 0.6 is 23.8 Å². The first-order valence-electron chi connectivity index (χ1n) is 6.57. The molecule has 6 heteroatoms. The number of nitrogens with zero attached hydrogens (tertiary/aromatic N) is 2. The van der Waals surface area contributed by atoms with Gasteiger partial charge in [0.1, 0.15) is 0 Å². The summed E-state index contributed by atoms with van der Waals surface area (Å²) in [5.41, 5.74) is 6.30. The Labute approximate surface area is 129 Å². The summed E-state index contributed by atoms with van der Waals surface area (Å²) in [6, 6.07) is 7.13. The number of benzene rings is 1. The van der Waals surface area contributed by atoms with Gasteiger partial charge in [0.05, 0.1) is 11.0 Å². The van der Waals surface area contributed by atoms with E-state index in [1.165, 1.54) is 0 Å². The molecule has 1 amide bonds. The maximum absolute atomic E-state index is 12.4. The zero-order valence-electron chi connectivity index (χ0n) is 11.4. The molecule has 2 N–H and O–H groups in total. The molecule has 1 aliphatic heterocycles. The molecule has 0 saturated carbocycles. The average molecular weight is 312 g/mol. The van der Waals surface area contributed by atoms with Crippen LogP contribution in [0.1, 0.15) is 17.3 Å². The summed E-state index contributed by atoms with van der Waals surface area (Å²) in [7, 11) is 0. The van der Waals surface area contributed by atoms with E-state index >= 15 is 0 Å². The van der Waals surface area contributed by atoms with Gasteiger partial charge in [0, 0.05) is 36.8 Å². The molecule has 1 aliphatic rings. The molecule has 0 bridgehead atoms. The van der Waals surface area contributed by atoms with Crippen LogP contribution in [0, 0.1) is 0 Å². The summed E-state index contributed by atoms with van der Waals surface area (Å²) in [4.78, 5) is 16.9. The van der Waals surface area contributed by atoms with Gasteiger partial charge in [-0.2, -0.15) is 0 Å². The monoisotopic (exact) mass is 311 g/mol. The highest BCUT2D eigenvalue weighted by molar-refractivity contribution is 7.80. The highest BCUT2D eigenvalue weighted by atomic mass is 35.5. The molecular weight excluding hydrogens is 294 g/mol. The lowest BCUT2D eigenvalue weighted by Crippen LogP contribution is -2.53. The molecule has 20 heavy (non-hydrogen) atoms. The number of amides is 1. The number of hydrogen-bond acceptors (Lipinski definition) is 3. The molecular formula is C14H18ClN3OS. The third-order valence-electron chi connectivity index (χ3n) is 3.63. The number of halogens is 1. The zero-order chi connectivity index (χ0) is 14.7. The number of nitrogens with two attached hydrogens (primary N) is 1. The Balaban J connectivity index is 1.97. The second kappa shape index (κ2) is 6.52. The number of thiocarbonyl (C=S) groups is 1. The minimum Gasteiger partial charge on any atom is -0.392 e. The van der Waals surface area contributed by atoms with E-state index in [1.807, 2.05) is 11.8 Å². The smallest absolute Gasteiger partial charge is 0.253 e. The van der Waals surface area contributed by atoms with Crippen molar-refractivity contribution >= 4 is 34.7 Å². The van der Waals surface area contributed by atoms with Crippen LogP contribution in [-0.2, 0) is 0 Å². The lowest BCUT2D eigenvalue weighted by atomic mass is 10.1. The Bertz CT molecular complexity index is 515. The van der Waals surface area contributed by atoms with Crippen molar-refractivity contribution in [2.24, 2.45) is 5.73 Å². The van der Waals surface area contributed by atoms with Crippen molar-refractivity contribution in [1.29, 1.82) is 0 Å². The maximum atomic E-state index is 12.4. The zero-order valence-corrected chi connectivity index (χ0v) is 13.0. The molecule has 0 aromatic heterocycles. The van der Waals surface area contributed by atoms with Crippen LogP contribution in [0.3, 0.4) is 0 Å². The van der Waals surface area contributed by atoms with Gasteiger partial charge < -0.3 is 10.6 Å². The standard InChI is InChI=1S/C14H18ClN3OS/c1-10(13(16)20)17-5-7-18(8-6-17)14(19)11-3-2-4-12(15)9-11/h2-4,9-10H,5-8H2,1H3,(H2,16,20). The Morgan fingerprint density at radius 2 is 2.00 bits per heavy atom. The van der Waals surface area contributed by atoms with E-state index in [2.05, 4.69) is 4.90 Å². The van der Waals surface area contributed by atoms with Crippen molar-refractivity contribution in [1.82, 2.24) is 9.80 Å². The highest BCUT2D eigenvalue weighted by Gasteiger charge is 2.25. The lowest BCUT2D eigenvalue weighted by Gasteiger charge is -2.37. The number of carbonyl (C=O) groups excluding carboxylic acids is 1. The molecule has 1 aromatic carbocycles. The number of carbonyl (C=O) groups is 1. The van der Waals surface area contributed by atoms with E-state index < -0.39 is 0 Å². The molecule has 0 radical (unpaired) electrons. The number of rotatable bonds is 3. The quantitative estimate of drug-likeness (QED) is 0.865. The molecule has 0 spiro atoms. The van der Waals surface area contributed by atoms with Crippen molar-refractivity contribution in [3.8, 4) is 0 Å². The molecule has 1 unspecified atom stereocenters. The maximum Gasteiger partial charge on any atom is 0.253 e. The van der Waals surface area contributed by atoms with Gasteiger partial charge in [-0.3, -0.25) is 9.69 Å². The molecule has 108 valence electrons. The van der Waals surface area contributed by atoms with Crippen LogP contribution in [0.25, 0.3) is 0 Å². The van der Waals surface area contributed by atoms with E-state index in [9.17, 15) is 4.79 Å². The second-order valence-electron chi connectivity index (χ2n) is 4.92. The van der Waals surface area contributed by atoms with Crippen LogP contribution in [-0.4, -0.2) is 52.9 Å². The predicted octanol–water partition coefficient (Wildman–Crippen LogP) is 1.77. The third-order valence-corrected chi connectivity index (χ3v) is 4.21. The summed E-state index contributed by atoms with van der Waals surface area (Å²) >= 11 is 10.9. The Morgan fingerprint density at radius 1 is 1.35 bits per heavy atom. The van der Waals surface area contributed by atoms with E-state index in [-0.39, 0.29) is 11.9 Å². The fourth-order valence-corrected chi connectivity index (χ4v) is 2.64. The van der Waals surface area contributed by atoms with Crippen LogP contribution in [0.4, 0.5) is 0 Å². The first-order chi connectivity index (χ1) is 9.49. The molecule has 1 atom stereocenters.